The van der Waals surface area contributed by atoms with Crippen molar-refractivity contribution in [2.75, 3.05) is 45.1 Å². The number of hydrogen-bond donors (Lipinski definition) is 2. The van der Waals surface area contributed by atoms with Gasteiger partial charge in [0.25, 0.3) is 0 Å². The maximum absolute atomic E-state index is 13.5. The highest BCUT2D eigenvalue weighted by Crippen LogP contribution is 2.21. The largest absolute Gasteiger partial charge is 0.387 e. The van der Waals surface area contributed by atoms with Crippen molar-refractivity contribution >= 4 is 27.4 Å². The van der Waals surface area contributed by atoms with Gasteiger partial charge in [-0.15, -0.1) is 0 Å². The molecule has 0 amide bonds. The Hall–Kier alpha value is -1.78. The third-order valence-corrected chi connectivity index (χ3v) is 6.83. The zero-order valence-electron chi connectivity index (χ0n) is 15.3. The number of hydrogen-bond acceptors (Lipinski definition) is 6. The van der Waals surface area contributed by atoms with Crippen LogP contribution in [0.4, 0.5) is 10.2 Å². The summed E-state index contributed by atoms with van der Waals surface area (Å²) in [6, 6.07) is 7.12. The molecule has 2 N–H and O–H groups in total. The van der Waals surface area contributed by atoms with Gasteiger partial charge in [0.05, 0.1) is 11.1 Å². The predicted molar refractivity (Wildman–Crippen MR) is 105 cm³/mol. The number of anilines is 1. The Bertz CT molecular complexity index is 919. The number of rotatable bonds is 6. The minimum Gasteiger partial charge on any atom is -0.387 e. The molecular formula is C18H22ClFN4O3S. The zero-order chi connectivity index (χ0) is 20.3. The molecule has 2 heterocycles. The van der Waals surface area contributed by atoms with Gasteiger partial charge in [0.1, 0.15) is 16.5 Å². The Kier molecular flexibility index (Phi) is 6.51. The van der Waals surface area contributed by atoms with E-state index in [4.69, 9.17) is 11.6 Å². The first-order valence-electron chi connectivity index (χ1n) is 8.79. The molecule has 0 spiro atoms. The van der Waals surface area contributed by atoms with Crippen LogP contribution in [0.25, 0.3) is 0 Å². The van der Waals surface area contributed by atoms with Crippen molar-refractivity contribution < 1.29 is 17.9 Å². The summed E-state index contributed by atoms with van der Waals surface area (Å²) in [4.78, 5) is 6.32. The average molecular weight is 429 g/mol. The molecular weight excluding hydrogens is 407 g/mol. The van der Waals surface area contributed by atoms with Gasteiger partial charge in [-0.2, -0.15) is 4.31 Å². The van der Waals surface area contributed by atoms with Gasteiger partial charge in [0, 0.05) is 38.9 Å². The Morgan fingerprint density at radius 2 is 1.96 bits per heavy atom. The van der Waals surface area contributed by atoms with Crippen LogP contribution in [0, 0.1) is 5.82 Å². The van der Waals surface area contributed by atoms with Gasteiger partial charge in [0.15, 0.2) is 0 Å². The van der Waals surface area contributed by atoms with E-state index in [1.54, 1.807) is 0 Å². The molecule has 152 valence electrons. The summed E-state index contributed by atoms with van der Waals surface area (Å²) in [6.45, 7) is 2.36. The van der Waals surface area contributed by atoms with Gasteiger partial charge in [-0.25, -0.2) is 17.8 Å². The summed E-state index contributed by atoms with van der Waals surface area (Å²) in [7, 11) is -1.62. The van der Waals surface area contributed by atoms with Crippen molar-refractivity contribution in [3.8, 4) is 0 Å². The predicted octanol–water partition coefficient (Wildman–Crippen LogP) is 1.96. The van der Waals surface area contributed by atoms with Crippen molar-refractivity contribution in [1.29, 1.82) is 0 Å². The molecule has 1 saturated heterocycles. The SMILES string of the molecule is CN1CCN(S(=O)(=O)c2ccc(NCC(O)c3ccc(Cl)c(F)c3)nc2)CC1. The fourth-order valence-corrected chi connectivity index (χ4v) is 4.34. The molecule has 1 unspecified atom stereocenters. The van der Waals surface area contributed by atoms with Crippen LogP contribution in [0.15, 0.2) is 41.4 Å². The second kappa shape index (κ2) is 8.71. The molecule has 0 saturated carbocycles. The minimum atomic E-state index is -3.57. The number of pyridine rings is 1. The van der Waals surface area contributed by atoms with Gasteiger partial charge in [-0.05, 0) is 36.9 Å². The maximum atomic E-state index is 13.5. The van der Waals surface area contributed by atoms with Crippen molar-refractivity contribution in [2.24, 2.45) is 0 Å². The highest BCUT2D eigenvalue weighted by molar-refractivity contribution is 7.89. The number of likely N-dealkylation sites (N-methyl/N-ethyl adjacent to an activating group) is 1. The Labute approximate surface area is 168 Å². The third-order valence-electron chi connectivity index (χ3n) is 4.64. The Balaban J connectivity index is 1.61. The van der Waals surface area contributed by atoms with Crippen molar-refractivity contribution in [3.63, 3.8) is 0 Å². The van der Waals surface area contributed by atoms with E-state index in [1.165, 1.54) is 40.8 Å². The summed E-state index contributed by atoms with van der Waals surface area (Å²) in [5, 5.41) is 13.1. The topological polar surface area (TPSA) is 85.8 Å². The molecule has 3 rings (SSSR count). The average Bonchev–Trinajstić information content (AvgIpc) is 2.69. The Morgan fingerprint density at radius 3 is 2.57 bits per heavy atom. The third kappa shape index (κ3) is 4.79. The van der Waals surface area contributed by atoms with E-state index in [1.807, 2.05) is 7.05 Å². The molecule has 0 radical (unpaired) electrons. The molecule has 28 heavy (non-hydrogen) atoms. The quantitative estimate of drug-likeness (QED) is 0.731. The van der Waals surface area contributed by atoms with Gasteiger partial charge < -0.3 is 15.3 Å². The fourth-order valence-electron chi connectivity index (χ4n) is 2.85. The number of aliphatic hydroxyl groups excluding tert-OH is 1. The highest BCUT2D eigenvalue weighted by Gasteiger charge is 2.27. The van der Waals surface area contributed by atoms with Crippen molar-refractivity contribution in [3.05, 3.63) is 52.9 Å². The smallest absolute Gasteiger partial charge is 0.244 e. The molecule has 1 aromatic heterocycles. The van der Waals surface area contributed by atoms with E-state index in [2.05, 4.69) is 15.2 Å². The van der Waals surface area contributed by atoms with Gasteiger partial charge in [-0.3, -0.25) is 0 Å². The molecule has 1 atom stereocenters. The summed E-state index contributed by atoms with van der Waals surface area (Å²) < 4.78 is 40.3. The lowest BCUT2D eigenvalue weighted by atomic mass is 10.1. The van der Waals surface area contributed by atoms with E-state index in [-0.39, 0.29) is 16.5 Å². The molecule has 1 aromatic carbocycles. The normalized spacial score (nSPS) is 17.4. The molecule has 10 heteroatoms. The number of nitrogens with zero attached hydrogens (tertiary/aromatic N) is 3. The molecule has 1 fully saturated rings. The van der Waals surface area contributed by atoms with Crippen LogP contribution in [0.3, 0.4) is 0 Å². The fraction of sp³-hybridized carbons (Fsp3) is 0.389. The first-order chi connectivity index (χ1) is 13.3. The van der Waals surface area contributed by atoms with Crippen LogP contribution >= 0.6 is 11.6 Å². The first kappa shape index (κ1) is 20.9. The standard InChI is InChI=1S/C18H22ClFN4O3S/c1-23-6-8-24(9-7-23)28(26,27)14-3-5-18(21-11-14)22-12-17(25)13-2-4-15(19)16(20)10-13/h2-5,10-11,17,25H,6-9,12H2,1H3,(H,21,22). The van der Waals surface area contributed by atoms with Gasteiger partial charge >= 0.3 is 0 Å². The number of benzene rings is 1. The molecule has 2 aromatic rings. The number of aliphatic hydroxyl groups is 1. The number of aromatic nitrogens is 1. The second-order valence-corrected chi connectivity index (χ2v) is 9.00. The van der Waals surface area contributed by atoms with Crippen LogP contribution in [0.1, 0.15) is 11.7 Å². The Morgan fingerprint density at radius 1 is 1.25 bits per heavy atom. The van der Waals surface area contributed by atoms with E-state index < -0.39 is 21.9 Å². The van der Waals surface area contributed by atoms with Crippen molar-refractivity contribution in [2.45, 2.75) is 11.0 Å². The van der Waals surface area contributed by atoms with E-state index in [0.717, 1.165) is 0 Å². The summed E-state index contributed by atoms with van der Waals surface area (Å²) in [5.41, 5.74) is 0.378. The minimum absolute atomic E-state index is 0.0114. The number of piperazine rings is 1. The van der Waals surface area contributed by atoms with Crippen LogP contribution in [0.2, 0.25) is 5.02 Å². The summed E-state index contributed by atoms with van der Waals surface area (Å²) in [5.74, 6) is -0.194. The van der Waals surface area contributed by atoms with Crippen LogP contribution in [0.5, 0.6) is 0 Å². The van der Waals surface area contributed by atoms with Crippen LogP contribution in [-0.2, 0) is 10.0 Å². The second-order valence-electron chi connectivity index (χ2n) is 6.66. The first-order valence-corrected chi connectivity index (χ1v) is 10.6. The number of halogens is 2. The number of nitrogens with one attached hydrogen (secondary N) is 1. The van der Waals surface area contributed by atoms with E-state index in [9.17, 15) is 17.9 Å². The van der Waals surface area contributed by atoms with E-state index >= 15 is 0 Å². The van der Waals surface area contributed by atoms with Crippen LogP contribution in [-0.4, -0.2) is 67.5 Å². The lowest BCUT2D eigenvalue weighted by Gasteiger charge is -2.31. The van der Waals surface area contributed by atoms with Gasteiger partial charge in [-0.1, -0.05) is 17.7 Å². The molecule has 1 aliphatic rings. The zero-order valence-corrected chi connectivity index (χ0v) is 16.9. The summed E-state index contributed by atoms with van der Waals surface area (Å²) in [6.07, 6.45) is 0.326. The maximum Gasteiger partial charge on any atom is 0.244 e. The molecule has 1 aliphatic heterocycles. The van der Waals surface area contributed by atoms with Crippen molar-refractivity contribution in [1.82, 2.24) is 14.2 Å². The molecule has 7 nitrogen and oxygen atoms in total. The lowest BCUT2D eigenvalue weighted by Crippen LogP contribution is -2.47. The van der Waals surface area contributed by atoms with E-state index in [0.29, 0.717) is 37.6 Å². The molecule has 0 bridgehead atoms. The van der Waals surface area contributed by atoms with Gasteiger partial charge in [0.2, 0.25) is 10.0 Å². The van der Waals surface area contributed by atoms with Crippen LogP contribution < -0.4 is 5.32 Å². The molecule has 0 aliphatic carbocycles. The monoisotopic (exact) mass is 428 g/mol. The lowest BCUT2D eigenvalue weighted by molar-refractivity contribution is 0.191. The highest BCUT2D eigenvalue weighted by atomic mass is 35.5. The number of sulfonamides is 1. The summed E-state index contributed by atoms with van der Waals surface area (Å²) >= 11 is 5.64.